The third-order valence-electron chi connectivity index (χ3n) is 4.43. The van der Waals surface area contributed by atoms with Crippen LogP contribution in [0.1, 0.15) is 36.7 Å². The molecule has 6 nitrogen and oxygen atoms in total. The number of aromatic nitrogens is 2. The normalized spacial score (nSPS) is 18.5. The number of likely N-dealkylation sites (tertiary alicyclic amines) is 1. The van der Waals surface area contributed by atoms with Gasteiger partial charge in [0.25, 0.3) is 0 Å². The Labute approximate surface area is 144 Å². The minimum absolute atomic E-state index is 0. The first kappa shape index (κ1) is 19.9. The second-order valence-electron chi connectivity index (χ2n) is 6.09. The molecular weight excluding hydrogens is 316 g/mol. The Morgan fingerprint density at radius 2 is 2.17 bits per heavy atom. The van der Waals surface area contributed by atoms with Crippen molar-refractivity contribution in [2.45, 2.75) is 46.7 Å². The monoisotopic (exact) mass is 344 g/mol. The lowest BCUT2D eigenvalue weighted by molar-refractivity contribution is -0.144. The van der Waals surface area contributed by atoms with E-state index in [0.29, 0.717) is 12.5 Å². The molecule has 1 aliphatic rings. The number of nitrogens with zero attached hydrogens (tertiary/aromatic N) is 3. The molecule has 1 saturated heterocycles. The number of rotatable bonds is 6. The van der Waals surface area contributed by atoms with Gasteiger partial charge in [-0.1, -0.05) is 0 Å². The highest BCUT2D eigenvalue weighted by Gasteiger charge is 2.22. The van der Waals surface area contributed by atoms with Gasteiger partial charge in [0.2, 0.25) is 0 Å². The number of halogens is 1. The summed E-state index contributed by atoms with van der Waals surface area (Å²) in [6, 6.07) is 0. The van der Waals surface area contributed by atoms with E-state index in [0.717, 1.165) is 37.6 Å². The van der Waals surface area contributed by atoms with Crippen LogP contribution >= 0.6 is 12.4 Å². The molecule has 1 atom stereocenters. The van der Waals surface area contributed by atoms with Crippen LogP contribution in [-0.2, 0) is 22.6 Å². The van der Waals surface area contributed by atoms with Crippen LogP contribution in [0.5, 0.6) is 0 Å². The number of esters is 1. The van der Waals surface area contributed by atoms with Gasteiger partial charge in [0.1, 0.15) is 6.54 Å². The summed E-state index contributed by atoms with van der Waals surface area (Å²) < 4.78 is 6.76. The Bertz CT molecular complexity index is 518. The SMILES string of the molecule is CCOC(=O)Cn1nc(C)c(CN2CCCC(CN)C2)c1C.Cl. The van der Waals surface area contributed by atoms with Crippen LogP contribution < -0.4 is 5.73 Å². The van der Waals surface area contributed by atoms with Crippen molar-refractivity contribution in [3.8, 4) is 0 Å². The molecule has 0 radical (unpaired) electrons. The highest BCUT2D eigenvalue weighted by Crippen LogP contribution is 2.21. The summed E-state index contributed by atoms with van der Waals surface area (Å²) in [6.07, 6.45) is 2.43. The zero-order valence-electron chi connectivity index (χ0n) is 14.4. The Balaban J connectivity index is 0.00000264. The largest absolute Gasteiger partial charge is 0.465 e. The molecule has 2 heterocycles. The molecule has 1 aromatic heterocycles. The smallest absolute Gasteiger partial charge is 0.327 e. The van der Waals surface area contributed by atoms with E-state index in [9.17, 15) is 4.79 Å². The van der Waals surface area contributed by atoms with Crippen LogP contribution in [0.2, 0.25) is 0 Å². The maximum atomic E-state index is 11.6. The Kier molecular flexibility index (Phi) is 8.02. The number of nitrogens with two attached hydrogens (primary N) is 1. The number of piperidine rings is 1. The summed E-state index contributed by atoms with van der Waals surface area (Å²) in [5, 5.41) is 4.50. The second kappa shape index (κ2) is 9.25. The van der Waals surface area contributed by atoms with Crippen LogP contribution in [0.25, 0.3) is 0 Å². The molecule has 0 spiro atoms. The molecular formula is C16H29ClN4O2. The van der Waals surface area contributed by atoms with E-state index in [1.807, 2.05) is 20.8 Å². The molecule has 23 heavy (non-hydrogen) atoms. The Morgan fingerprint density at radius 1 is 1.43 bits per heavy atom. The molecule has 0 aliphatic carbocycles. The Morgan fingerprint density at radius 3 is 2.83 bits per heavy atom. The van der Waals surface area contributed by atoms with Crippen LogP contribution in [0.15, 0.2) is 0 Å². The fourth-order valence-electron chi connectivity index (χ4n) is 3.16. The van der Waals surface area contributed by atoms with Crippen molar-refractivity contribution in [2.24, 2.45) is 11.7 Å². The van der Waals surface area contributed by atoms with Gasteiger partial charge in [-0.05, 0) is 52.6 Å². The molecule has 1 aliphatic heterocycles. The minimum Gasteiger partial charge on any atom is -0.465 e. The number of hydrogen-bond donors (Lipinski definition) is 1. The summed E-state index contributed by atoms with van der Waals surface area (Å²) >= 11 is 0. The number of ether oxygens (including phenoxy) is 1. The van der Waals surface area contributed by atoms with Crippen LogP contribution in [0.4, 0.5) is 0 Å². The van der Waals surface area contributed by atoms with Crippen molar-refractivity contribution in [3.63, 3.8) is 0 Å². The molecule has 1 fully saturated rings. The summed E-state index contributed by atoms with van der Waals surface area (Å²) in [5.41, 5.74) is 9.09. The standard InChI is InChI=1S/C16H28N4O2.ClH/c1-4-22-16(21)11-20-13(3)15(12(2)18-20)10-19-7-5-6-14(8-17)9-19;/h14H,4-11,17H2,1-3H3;1H. The van der Waals surface area contributed by atoms with Gasteiger partial charge < -0.3 is 10.5 Å². The second-order valence-corrected chi connectivity index (χ2v) is 6.09. The first-order chi connectivity index (χ1) is 10.5. The fraction of sp³-hybridized carbons (Fsp3) is 0.750. The van der Waals surface area contributed by atoms with Crippen molar-refractivity contribution < 1.29 is 9.53 Å². The molecule has 0 saturated carbocycles. The van der Waals surface area contributed by atoms with Gasteiger partial charge in [0, 0.05) is 24.3 Å². The van der Waals surface area contributed by atoms with E-state index in [4.69, 9.17) is 10.5 Å². The Hall–Kier alpha value is -1.11. The first-order valence-corrected chi connectivity index (χ1v) is 8.16. The van der Waals surface area contributed by atoms with Gasteiger partial charge >= 0.3 is 5.97 Å². The van der Waals surface area contributed by atoms with Gasteiger partial charge in [0.15, 0.2) is 0 Å². The van der Waals surface area contributed by atoms with E-state index in [1.165, 1.54) is 18.4 Å². The molecule has 1 aromatic rings. The quantitative estimate of drug-likeness (QED) is 0.794. The van der Waals surface area contributed by atoms with Crippen molar-refractivity contribution in [2.75, 3.05) is 26.2 Å². The number of hydrogen-bond acceptors (Lipinski definition) is 5. The summed E-state index contributed by atoms with van der Waals surface area (Å²) in [5.74, 6) is 0.366. The van der Waals surface area contributed by atoms with E-state index in [2.05, 4.69) is 10.00 Å². The molecule has 2 N–H and O–H groups in total. The molecule has 0 amide bonds. The lowest BCUT2D eigenvalue weighted by Gasteiger charge is -2.32. The van der Waals surface area contributed by atoms with Crippen molar-refractivity contribution in [1.82, 2.24) is 14.7 Å². The predicted molar refractivity (Wildman–Crippen MR) is 92.6 cm³/mol. The molecule has 0 bridgehead atoms. The van der Waals surface area contributed by atoms with Crippen LogP contribution in [0, 0.1) is 19.8 Å². The average Bonchev–Trinajstić information content (AvgIpc) is 2.75. The van der Waals surface area contributed by atoms with Crippen LogP contribution in [0.3, 0.4) is 0 Å². The van der Waals surface area contributed by atoms with Crippen molar-refractivity contribution in [1.29, 1.82) is 0 Å². The van der Waals surface area contributed by atoms with E-state index >= 15 is 0 Å². The zero-order chi connectivity index (χ0) is 16.1. The minimum atomic E-state index is -0.235. The number of carbonyl (C=O) groups excluding carboxylic acids is 1. The average molecular weight is 345 g/mol. The highest BCUT2D eigenvalue weighted by molar-refractivity contribution is 5.85. The lowest BCUT2D eigenvalue weighted by atomic mass is 9.97. The fourth-order valence-corrected chi connectivity index (χ4v) is 3.16. The maximum Gasteiger partial charge on any atom is 0.327 e. The van der Waals surface area contributed by atoms with E-state index in [-0.39, 0.29) is 24.9 Å². The highest BCUT2D eigenvalue weighted by atomic mass is 35.5. The predicted octanol–water partition coefficient (Wildman–Crippen LogP) is 1.66. The third-order valence-corrected chi connectivity index (χ3v) is 4.43. The summed E-state index contributed by atoms with van der Waals surface area (Å²) in [7, 11) is 0. The molecule has 0 aromatic carbocycles. The van der Waals surface area contributed by atoms with Gasteiger partial charge in [0.05, 0.1) is 12.3 Å². The van der Waals surface area contributed by atoms with E-state index < -0.39 is 0 Å². The number of aryl methyl sites for hydroxylation is 1. The van der Waals surface area contributed by atoms with Gasteiger partial charge in [-0.15, -0.1) is 12.4 Å². The summed E-state index contributed by atoms with van der Waals surface area (Å²) in [6.45, 7) is 10.2. The van der Waals surface area contributed by atoms with Gasteiger partial charge in [-0.3, -0.25) is 14.4 Å². The topological polar surface area (TPSA) is 73.4 Å². The van der Waals surface area contributed by atoms with Crippen molar-refractivity contribution in [3.05, 3.63) is 17.0 Å². The number of carbonyl (C=O) groups is 1. The molecule has 132 valence electrons. The summed E-state index contributed by atoms with van der Waals surface area (Å²) in [4.78, 5) is 14.1. The van der Waals surface area contributed by atoms with Gasteiger partial charge in [-0.25, -0.2) is 0 Å². The first-order valence-electron chi connectivity index (χ1n) is 8.16. The lowest BCUT2D eigenvalue weighted by Crippen LogP contribution is -2.38. The zero-order valence-corrected chi connectivity index (χ0v) is 15.2. The van der Waals surface area contributed by atoms with Crippen LogP contribution in [-0.4, -0.2) is 46.9 Å². The molecule has 1 unspecified atom stereocenters. The van der Waals surface area contributed by atoms with Crippen molar-refractivity contribution >= 4 is 18.4 Å². The van der Waals surface area contributed by atoms with Gasteiger partial charge in [-0.2, -0.15) is 5.10 Å². The maximum absolute atomic E-state index is 11.6. The van der Waals surface area contributed by atoms with E-state index in [1.54, 1.807) is 4.68 Å². The third kappa shape index (κ3) is 5.19. The molecule has 7 heteroatoms. The molecule has 2 rings (SSSR count).